The molecule has 0 fully saturated rings. The van der Waals surface area contributed by atoms with Crippen LogP contribution in [0.4, 0.5) is 5.69 Å². The van der Waals surface area contributed by atoms with Crippen molar-refractivity contribution in [1.29, 1.82) is 0 Å². The van der Waals surface area contributed by atoms with Gasteiger partial charge in [0.2, 0.25) is 0 Å². The van der Waals surface area contributed by atoms with E-state index in [0.717, 1.165) is 0 Å². The van der Waals surface area contributed by atoms with Crippen LogP contribution in [0.15, 0.2) is 24.3 Å². The van der Waals surface area contributed by atoms with Gasteiger partial charge in [0.25, 0.3) is 5.69 Å². The molecule has 0 amide bonds. The van der Waals surface area contributed by atoms with Crippen LogP contribution >= 0.6 is 33.2 Å². The lowest BCUT2D eigenvalue weighted by Gasteiger charge is -2.06. The first-order chi connectivity index (χ1) is 5.91. The Morgan fingerprint density at radius 3 is 2.38 bits per heavy atom. The maximum absolute atomic E-state index is 10.4. The van der Waals surface area contributed by atoms with E-state index in [2.05, 4.69) is 0 Å². The first-order valence-electron chi connectivity index (χ1n) is 3.23. The number of nitro benzene ring substituents is 1. The Hall–Kier alpha value is -0.293. The molecule has 70 valence electrons. The van der Waals surface area contributed by atoms with Gasteiger partial charge < -0.3 is 0 Å². The molecule has 0 saturated heterocycles. The van der Waals surface area contributed by atoms with Crippen LogP contribution in [0.1, 0.15) is 0 Å². The lowest BCUT2D eigenvalue weighted by molar-refractivity contribution is -0.384. The number of hydrogen-bond donors (Lipinski definition) is 0. The third kappa shape index (κ3) is 2.84. The standard InChI is InChI=1S/C6H4Cl3NO2Si/c7-13(8,9)6-3-1-2-5(4-6)10(11)12/h1-4H. The average molecular weight is 257 g/mol. The Kier molecular flexibility index (Phi) is 3.18. The minimum absolute atomic E-state index is 0.0590. The van der Waals surface area contributed by atoms with Crippen molar-refractivity contribution in [2.24, 2.45) is 0 Å². The van der Waals surface area contributed by atoms with Gasteiger partial charge in [-0.1, -0.05) is 12.1 Å². The van der Waals surface area contributed by atoms with Gasteiger partial charge in [-0.05, 0) is 5.19 Å². The zero-order chi connectivity index (χ0) is 10.1. The number of nitrogens with zero attached hydrogens (tertiary/aromatic N) is 1. The lowest BCUT2D eigenvalue weighted by Crippen LogP contribution is -2.29. The lowest BCUT2D eigenvalue weighted by atomic mass is 10.3. The summed E-state index contributed by atoms with van der Waals surface area (Å²) in [5, 5.41) is 10.8. The van der Waals surface area contributed by atoms with Gasteiger partial charge in [0.1, 0.15) is 0 Å². The summed E-state index contributed by atoms with van der Waals surface area (Å²) in [6.07, 6.45) is 0. The molecule has 1 rings (SSSR count). The molecule has 0 radical (unpaired) electrons. The van der Waals surface area contributed by atoms with Crippen molar-refractivity contribution in [1.82, 2.24) is 0 Å². The summed E-state index contributed by atoms with van der Waals surface area (Å²) in [6, 6.07) is 2.73. The van der Waals surface area contributed by atoms with Gasteiger partial charge >= 0.3 is 6.00 Å². The van der Waals surface area contributed by atoms with E-state index in [1.54, 1.807) is 6.07 Å². The highest BCUT2D eigenvalue weighted by Crippen LogP contribution is 2.21. The van der Waals surface area contributed by atoms with Crippen molar-refractivity contribution in [2.45, 2.75) is 0 Å². The summed E-state index contributed by atoms with van der Waals surface area (Å²) < 4.78 is 0. The quantitative estimate of drug-likeness (QED) is 0.353. The van der Waals surface area contributed by atoms with E-state index in [4.69, 9.17) is 33.2 Å². The molecule has 0 aliphatic rings. The third-order valence-electron chi connectivity index (χ3n) is 1.38. The monoisotopic (exact) mass is 255 g/mol. The van der Waals surface area contributed by atoms with Gasteiger partial charge in [-0.15, -0.1) is 33.2 Å². The van der Waals surface area contributed by atoms with Crippen LogP contribution in [-0.4, -0.2) is 10.9 Å². The number of halogens is 3. The second kappa shape index (κ2) is 3.83. The van der Waals surface area contributed by atoms with Crippen LogP contribution in [0.2, 0.25) is 0 Å². The van der Waals surface area contributed by atoms with E-state index < -0.39 is 10.9 Å². The molecule has 1 aromatic carbocycles. The molecule has 0 saturated carbocycles. The zero-order valence-electron chi connectivity index (χ0n) is 6.21. The molecule has 13 heavy (non-hydrogen) atoms. The summed E-state index contributed by atoms with van der Waals surface area (Å²) in [7, 11) is 0. The summed E-state index contributed by atoms with van der Waals surface area (Å²) >= 11 is 17.0. The summed E-state index contributed by atoms with van der Waals surface area (Å²) in [6.45, 7) is 0. The topological polar surface area (TPSA) is 43.1 Å². The largest absolute Gasteiger partial charge is 0.373 e. The van der Waals surface area contributed by atoms with Crippen LogP contribution in [0, 0.1) is 10.1 Å². The smallest absolute Gasteiger partial charge is 0.258 e. The molecule has 0 atom stereocenters. The van der Waals surface area contributed by atoms with E-state index in [1.165, 1.54) is 18.2 Å². The molecule has 0 aliphatic carbocycles. The number of non-ortho nitro benzene ring substituents is 1. The highest BCUT2D eigenvalue weighted by molar-refractivity contribution is 7.69. The minimum atomic E-state index is -3.00. The van der Waals surface area contributed by atoms with Crippen LogP contribution < -0.4 is 5.19 Å². The molecule has 0 N–H and O–H groups in total. The van der Waals surface area contributed by atoms with Gasteiger partial charge in [0.05, 0.1) is 4.92 Å². The normalized spacial score (nSPS) is 11.3. The molecule has 0 bridgehead atoms. The van der Waals surface area contributed by atoms with Gasteiger partial charge in [-0.3, -0.25) is 10.1 Å². The van der Waals surface area contributed by atoms with Crippen LogP contribution in [0.25, 0.3) is 0 Å². The second-order valence-electron chi connectivity index (χ2n) is 2.31. The van der Waals surface area contributed by atoms with Crippen LogP contribution in [0.3, 0.4) is 0 Å². The van der Waals surface area contributed by atoms with Gasteiger partial charge in [0, 0.05) is 12.1 Å². The Morgan fingerprint density at radius 2 is 1.92 bits per heavy atom. The molecular formula is C6H4Cl3NO2Si. The molecule has 3 nitrogen and oxygen atoms in total. The van der Waals surface area contributed by atoms with E-state index >= 15 is 0 Å². The molecule has 7 heteroatoms. The van der Waals surface area contributed by atoms with Crippen molar-refractivity contribution >= 4 is 50.1 Å². The van der Waals surface area contributed by atoms with Crippen molar-refractivity contribution in [3.05, 3.63) is 34.4 Å². The number of rotatable bonds is 2. The van der Waals surface area contributed by atoms with Crippen LogP contribution in [0.5, 0.6) is 0 Å². The van der Waals surface area contributed by atoms with Crippen molar-refractivity contribution < 1.29 is 4.92 Å². The van der Waals surface area contributed by atoms with E-state index in [9.17, 15) is 10.1 Å². The fourth-order valence-electron chi connectivity index (χ4n) is 0.796. The maximum Gasteiger partial charge on any atom is 0.373 e. The first-order valence-corrected chi connectivity index (χ1v) is 8.26. The molecule has 0 spiro atoms. The Labute approximate surface area is 89.5 Å². The highest BCUT2D eigenvalue weighted by Gasteiger charge is 2.29. The fraction of sp³-hybridized carbons (Fsp3) is 0. The number of nitro groups is 1. The van der Waals surface area contributed by atoms with E-state index in [0.29, 0.717) is 5.19 Å². The summed E-state index contributed by atoms with van der Waals surface area (Å²) in [4.78, 5) is 9.85. The Morgan fingerprint density at radius 1 is 1.31 bits per heavy atom. The van der Waals surface area contributed by atoms with Crippen molar-refractivity contribution in [2.75, 3.05) is 0 Å². The first kappa shape index (κ1) is 10.8. The second-order valence-corrected chi connectivity index (χ2v) is 10.7. The number of hydrogen-bond acceptors (Lipinski definition) is 2. The van der Waals surface area contributed by atoms with Gasteiger partial charge in [-0.2, -0.15) is 0 Å². The highest BCUT2D eigenvalue weighted by atomic mass is 35.8. The molecule has 0 aliphatic heterocycles. The summed E-state index contributed by atoms with van der Waals surface area (Å²) in [5.41, 5.74) is -0.0590. The maximum atomic E-state index is 10.4. The molecular weight excluding hydrogens is 253 g/mol. The minimum Gasteiger partial charge on any atom is -0.258 e. The Balaban J connectivity index is 3.13. The predicted molar refractivity (Wildman–Crippen MR) is 56.0 cm³/mol. The SMILES string of the molecule is O=[N+]([O-])c1cccc([Si](Cl)(Cl)Cl)c1. The predicted octanol–water partition coefficient (Wildman–Crippen LogP) is 2.46. The summed E-state index contributed by atoms with van der Waals surface area (Å²) in [5.74, 6) is 0. The Bertz CT molecular complexity index is 339. The van der Waals surface area contributed by atoms with Gasteiger partial charge in [0.15, 0.2) is 0 Å². The van der Waals surface area contributed by atoms with Crippen LogP contribution in [-0.2, 0) is 0 Å². The van der Waals surface area contributed by atoms with Gasteiger partial charge in [-0.25, -0.2) is 0 Å². The molecule has 1 aromatic rings. The van der Waals surface area contributed by atoms with Crippen molar-refractivity contribution in [3.8, 4) is 0 Å². The molecule has 0 aromatic heterocycles. The fourth-order valence-corrected chi connectivity index (χ4v) is 2.45. The molecule has 0 unspecified atom stereocenters. The van der Waals surface area contributed by atoms with E-state index in [-0.39, 0.29) is 5.69 Å². The average Bonchev–Trinajstić information content (AvgIpc) is 2.03. The van der Waals surface area contributed by atoms with E-state index in [1.807, 2.05) is 0 Å². The third-order valence-corrected chi connectivity index (χ3v) is 4.31. The van der Waals surface area contributed by atoms with Crippen molar-refractivity contribution in [3.63, 3.8) is 0 Å². The zero-order valence-corrected chi connectivity index (χ0v) is 9.47. The molecule has 0 heterocycles. The number of benzene rings is 1.